The Hall–Kier alpha value is -1.25. The predicted molar refractivity (Wildman–Crippen MR) is 81.1 cm³/mol. The summed E-state index contributed by atoms with van der Waals surface area (Å²) in [7, 11) is -3.54. The maximum absolute atomic E-state index is 12.0. The van der Waals surface area contributed by atoms with Crippen LogP contribution in [-0.4, -0.2) is 49.0 Å². The summed E-state index contributed by atoms with van der Waals surface area (Å²) < 4.78 is 26.6. The molecule has 1 saturated heterocycles. The first-order valence-corrected chi connectivity index (χ1v) is 8.78. The van der Waals surface area contributed by atoms with Gasteiger partial charge >= 0.3 is 0 Å². The van der Waals surface area contributed by atoms with Crippen molar-refractivity contribution in [3.63, 3.8) is 0 Å². The molecule has 0 spiro atoms. The Kier molecular flexibility index (Phi) is 5.49. The molecule has 8 heteroatoms. The van der Waals surface area contributed by atoms with Gasteiger partial charge in [0.05, 0.1) is 12.4 Å². The SMILES string of the molecule is CC1CCCCN1CCCNS(=O)(=O)c1cnc(N)nc1. The highest BCUT2D eigenvalue weighted by atomic mass is 32.2. The third kappa shape index (κ3) is 4.62. The monoisotopic (exact) mass is 313 g/mol. The minimum absolute atomic E-state index is 0.0445. The summed E-state index contributed by atoms with van der Waals surface area (Å²) in [4.78, 5) is 9.86. The molecule has 21 heavy (non-hydrogen) atoms. The molecule has 1 unspecified atom stereocenters. The van der Waals surface area contributed by atoms with Crippen LogP contribution in [0.1, 0.15) is 32.6 Å². The van der Waals surface area contributed by atoms with E-state index in [1.165, 1.54) is 31.7 Å². The van der Waals surface area contributed by atoms with Gasteiger partial charge in [0.2, 0.25) is 16.0 Å². The number of rotatable bonds is 6. The second kappa shape index (κ2) is 7.15. The molecule has 0 amide bonds. The highest BCUT2D eigenvalue weighted by Crippen LogP contribution is 2.16. The van der Waals surface area contributed by atoms with E-state index in [1.54, 1.807) is 0 Å². The molecule has 1 atom stereocenters. The molecule has 1 fully saturated rings. The molecular weight excluding hydrogens is 290 g/mol. The molecule has 1 aromatic heterocycles. The van der Waals surface area contributed by atoms with E-state index in [4.69, 9.17) is 5.73 Å². The second-order valence-electron chi connectivity index (χ2n) is 5.41. The molecule has 3 N–H and O–H groups in total. The molecule has 118 valence electrons. The van der Waals surface area contributed by atoms with Crippen molar-refractivity contribution < 1.29 is 8.42 Å². The number of anilines is 1. The predicted octanol–water partition coefficient (Wildman–Crippen LogP) is 0.602. The Labute approximate surface area is 126 Å². The molecule has 0 bridgehead atoms. The summed E-state index contributed by atoms with van der Waals surface area (Å²) in [5.41, 5.74) is 5.34. The van der Waals surface area contributed by atoms with Crippen LogP contribution in [0.4, 0.5) is 5.95 Å². The average molecular weight is 313 g/mol. The van der Waals surface area contributed by atoms with Crippen LogP contribution in [0.2, 0.25) is 0 Å². The normalized spacial score (nSPS) is 20.5. The van der Waals surface area contributed by atoms with Crippen LogP contribution >= 0.6 is 0 Å². The Morgan fingerprint density at radius 2 is 2.10 bits per heavy atom. The van der Waals surface area contributed by atoms with Gasteiger partial charge in [-0.05, 0) is 39.3 Å². The van der Waals surface area contributed by atoms with Crippen molar-refractivity contribution >= 4 is 16.0 Å². The number of hydrogen-bond acceptors (Lipinski definition) is 6. The molecule has 0 saturated carbocycles. The summed E-state index contributed by atoms with van der Waals surface area (Å²) >= 11 is 0. The number of nitrogens with one attached hydrogen (secondary N) is 1. The Morgan fingerprint density at radius 3 is 2.76 bits per heavy atom. The van der Waals surface area contributed by atoms with Crippen molar-refractivity contribution in [3.05, 3.63) is 12.4 Å². The maximum Gasteiger partial charge on any atom is 0.243 e. The van der Waals surface area contributed by atoms with Crippen LogP contribution in [0, 0.1) is 0 Å². The van der Waals surface area contributed by atoms with Gasteiger partial charge < -0.3 is 10.6 Å². The van der Waals surface area contributed by atoms with E-state index >= 15 is 0 Å². The summed E-state index contributed by atoms with van der Waals surface area (Å²) in [6.45, 7) is 4.67. The minimum atomic E-state index is -3.54. The van der Waals surface area contributed by atoms with Crippen LogP contribution in [0.3, 0.4) is 0 Å². The molecule has 0 aliphatic carbocycles. The van der Waals surface area contributed by atoms with Crippen molar-refractivity contribution in [1.82, 2.24) is 19.6 Å². The van der Waals surface area contributed by atoms with Gasteiger partial charge in [0, 0.05) is 12.6 Å². The van der Waals surface area contributed by atoms with Crippen LogP contribution in [0.5, 0.6) is 0 Å². The smallest absolute Gasteiger partial charge is 0.243 e. The zero-order valence-electron chi connectivity index (χ0n) is 12.3. The number of sulfonamides is 1. The van der Waals surface area contributed by atoms with Crippen molar-refractivity contribution in [2.75, 3.05) is 25.4 Å². The fourth-order valence-corrected chi connectivity index (χ4v) is 3.49. The van der Waals surface area contributed by atoms with E-state index < -0.39 is 10.0 Å². The van der Waals surface area contributed by atoms with Crippen LogP contribution in [0.15, 0.2) is 17.3 Å². The number of aromatic nitrogens is 2. The molecule has 2 heterocycles. The van der Waals surface area contributed by atoms with Gasteiger partial charge in [0.25, 0.3) is 0 Å². The summed E-state index contributed by atoms with van der Waals surface area (Å²) in [5, 5.41) is 0. The number of nitrogen functional groups attached to an aromatic ring is 1. The second-order valence-corrected chi connectivity index (χ2v) is 7.18. The van der Waals surface area contributed by atoms with Crippen LogP contribution < -0.4 is 10.5 Å². The molecule has 0 aromatic carbocycles. The largest absolute Gasteiger partial charge is 0.368 e. The first-order valence-electron chi connectivity index (χ1n) is 7.30. The molecule has 1 aromatic rings. The zero-order valence-corrected chi connectivity index (χ0v) is 13.1. The van der Waals surface area contributed by atoms with E-state index in [-0.39, 0.29) is 10.8 Å². The molecule has 1 aliphatic rings. The minimum Gasteiger partial charge on any atom is -0.368 e. The number of nitrogens with zero attached hydrogens (tertiary/aromatic N) is 3. The van der Waals surface area contributed by atoms with Gasteiger partial charge in [-0.1, -0.05) is 6.42 Å². The average Bonchev–Trinajstić information content (AvgIpc) is 2.46. The van der Waals surface area contributed by atoms with Crippen LogP contribution in [0.25, 0.3) is 0 Å². The molecule has 0 radical (unpaired) electrons. The Morgan fingerprint density at radius 1 is 1.38 bits per heavy atom. The van der Waals surface area contributed by atoms with Crippen molar-refractivity contribution in [2.45, 2.75) is 43.5 Å². The molecule has 2 rings (SSSR count). The van der Waals surface area contributed by atoms with Gasteiger partial charge in [0.15, 0.2) is 0 Å². The molecule has 1 aliphatic heterocycles. The first kappa shape index (κ1) is 16.1. The third-order valence-corrected chi connectivity index (χ3v) is 5.23. The van der Waals surface area contributed by atoms with Gasteiger partial charge in [0.1, 0.15) is 4.90 Å². The topological polar surface area (TPSA) is 101 Å². The lowest BCUT2D eigenvalue weighted by atomic mass is 10.0. The van der Waals surface area contributed by atoms with Gasteiger partial charge in [-0.3, -0.25) is 0 Å². The molecular formula is C13H23N5O2S. The zero-order chi connectivity index (χ0) is 15.3. The van der Waals surface area contributed by atoms with Crippen molar-refractivity contribution in [3.8, 4) is 0 Å². The summed E-state index contributed by atoms with van der Waals surface area (Å²) in [6.07, 6.45) is 6.99. The van der Waals surface area contributed by atoms with E-state index in [2.05, 4.69) is 26.5 Å². The lowest BCUT2D eigenvalue weighted by Crippen LogP contribution is -2.39. The number of piperidine rings is 1. The lowest BCUT2D eigenvalue weighted by Gasteiger charge is -2.33. The number of hydrogen-bond donors (Lipinski definition) is 2. The Bertz CT molecular complexity index is 546. The Balaban J connectivity index is 1.78. The molecule has 7 nitrogen and oxygen atoms in total. The van der Waals surface area contributed by atoms with Crippen molar-refractivity contribution in [2.24, 2.45) is 0 Å². The lowest BCUT2D eigenvalue weighted by molar-refractivity contribution is 0.159. The highest BCUT2D eigenvalue weighted by molar-refractivity contribution is 7.89. The standard InChI is InChI=1S/C13H23N5O2S/c1-11-5-2-3-7-18(11)8-4-6-17-21(19,20)12-9-15-13(14)16-10-12/h9-11,17H,2-8H2,1H3,(H2,14,15,16). The number of nitrogens with two attached hydrogens (primary N) is 1. The fraction of sp³-hybridized carbons (Fsp3) is 0.692. The highest BCUT2D eigenvalue weighted by Gasteiger charge is 2.18. The van der Waals surface area contributed by atoms with E-state index in [0.717, 1.165) is 19.5 Å². The number of likely N-dealkylation sites (tertiary alicyclic amines) is 1. The fourth-order valence-electron chi connectivity index (χ4n) is 2.53. The maximum atomic E-state index is 12.0. The van der Waals surface area contributed by atoms with Gasteiger partial charge in [-0.25, -0.2) is 23.1 Å². The van der Waals surface area contributed by atoms with Gasteiger partial charge in [-0.15, -0.1) is 0 Å². The first-order chi connectivity index (χ1) is 9.99. The van der Waals surface area contributed by atoms with E-state index in [0.29, 0.717) is 12.6 Å². The quantitative estimate of drug-likeness (QED) is 0.746. The van der Waals surface area contributed by atoms with Crippen LogP contribution in [-0.2, 0) is 10.0 Å². The third-order valence-electron chi connectivity index (χ3n) is 3.81. The van der Waals surface area contributed by atoms with Gasteiger partial charge in [-0.2, -0.15) is 0 Å². The van der Waals surface area contributed by atoms with E-state index in [9.17, 15) is 8.42 Å². The summed E-state index contributed by atoms with van der Waals surface area (Å²) in [6, 6.07) is 0.598. The van der Waals surface area contributed by atoms with Crippen molar-refractivity contribution in [1.29, 1.82) is 0 Å². The summed E-state index contributed by atoms with van der Waals surface area (Å²) in [5.74, 6) is 0.0630. The van der Waals surface area contributed by atoms with E-state index in [1.807, 2.05) is 0 Å².